The number of rotatable bonds is 2. The number of fused-ring (bicyclic) bond motifs is 1. The first-order valence-corrected chi connectivity index (χ1v) is 6.39. The van der Waals surface area contributed by atoms with Gasteiger partial charge in [-0.3, -0.25) is 4.79 Å². The highest BCUT2D eigenvalue weighted by Gasteiger charge is 2.25. The van der Waals surface area contributed by atoms with Gasteiger partial charge in [0, 0.05) is 5.56 Å². The van der Waals surface area contributed by atoms with Crippen LogP contribution in [0.5, 0.6) is 0 Å². The van der Waals surface area contributed by atoms with Crippen LogP contribution in [0.1, 0.15) is 21.5 Å². The van der Waals surface area contributed by atoms with Gasteiger partial charge in [0.2, 0.25) is 0 Å². The Kier molecular flexibility index (Phi) is 3.02. The summed E-state index contributed by atoms with van der Waals surface area (Å²) in [7, 11) is 0. The van der Waals surface area contributed by atoms with Gasteiger partial charge in [-0.25, -0.2) is 9.79 Å². The molecule has 0 bridgehead atoms. The Labute approximate surface area is 121 Å². The van der Waals surface area contributed by atoms with Crippen molar-refractivity contribution in [1.29, 1.82) is 0 Å². The van der Waals surface area contributed by atoms with Crippen molar-refractivity contribution in [2.75, 3.05) is 5.32 Å². The van der Waals surface area contributed by atoms with Crippen molar-refractivity contribution in [2.45, 2.75) is 6.92 Å². The normalized spacial score (nSPS) is 14.9. The molecule has 0 saturated carbocycles. The third-order valence-corrected chi connectivity index (χ3v) is 3.23. The molecule has 2 aromatic carbocycles. The molecule has 5 heteroatoms. The van der Waals surface area contributed by atoms with Crippen molar-refractivity contribution < 1.29 is 14.7 Å². The monoisotopic (exact) mass is 280 g/mol. The Hall–Kier alpha value is -2.95. The van der Waals surface area contributed by atoms with Crippen molar-refractivity contribution >= 4 is 29.0 Å². The zero-order valence-corrected chi connectivity index (χ0v) is 11.3. The lowest BCUT2D eigenvalue weighted by molar-refractivity contribution is -0.110. The summed E-state index contributed by atoms with van der Waals surface area (Å²) in [6.45, 7) is 1.94. The van der Waals surface area contributed by atoms with E-state index in [4.69, 9.17) is 5.11 Å². The number of carboxylic acids is 1. The average molecular weight is 280 g/mol. The summed E-state index contributed by atoms with van der Waals surface area (Å²) in [6.07, 6.45) is 0. The summed E-state index contributed by atoms with van der Waals surface area (Å²) >= 11 is 0. The fourth-order valence-electron chi connectivity index (χ4n) is 2.22. The zero-order valence-electron chi connectivity index (χ0n) is 11.3. The molecule has 5 nitrogen and oxygen atoms in total. The lowest BCUT2D eigenvalue weighted by Gasteiger charge is -2.01. The van der Waals surface area contributed by atoms with E-state index >= 15 is 0 Å². The quantitative estimate of drug-likeness (QED) is 0.887. The Bertz CT molecular complexity index is 794. The van der Waals surface area contributed by atoms with Crippen molar-refractivity contribution in [3.05, 3.63) is 59.2 Å². The topological polar surface area (TPSA) is 78.8 Å². The second-order valence-electron chi connectivity index (χ2n) is 4.82. The standard InChI is InChI=1S/C16H12N2O3/c1-9-5-6-13-12(7-9)14(15(19)18-13)17-11-4-2-3-10(8-11)16(20)21/h2-8H,1H3,(H,20,21)(H,17,18,19). The Morgan fingerprint density at radius 2 is 2.00 bits per heavy atom. The number of nitrogens with zero attached hydrogens (tertiary/aromatic N) is 1. The van der Waals surface area contributed by atoms with E-state index in [1.165, 1.54) is 12.1 Å². The lowest BCUT2D eigenvalue weighted by Crippen LogP contribution is -2.14. The van der Waals surface area contributed by atoms with E-state index in [-0.39, 0.29) is 11.5 Å². The minimum Gasteiger partial charge on any atom is -0.478 e. The molecular weight excluding hydrogens is 268 g/mol. The molecule has 0 aliphatic carbocycles. The Morgan fingerprint density at radius 1 is 1.19 bits per heavy atom. The first kappa shape index (κ1) is 13.1. The Morgan fingerprint density at radius 3 is 2.76 bits per heavy atom. The predicted octanol–water partition coefficient (Wildman–Crippen LogP) is 2.77. The molecule has 1 aliphatic rings. The number of benzene rings is 2. The van der Waals surface area contributed by atoms with Crippen LogP contribution in [-0.2, 0) is 4.79 Å². The van der Waals surface area contributed by atoms with Gasteiger partial charge >= 0.3 is 5.97 Å². The van der Waals surface area contributed by atoms with Crippen LogP contribution in [-0.4, -0.2) is 22.7 Å². The minimum atomic E-state index is -1.02. The average Bonchev–Trinajstić information content (AvgIpc) is 2.75. The molecule has 1 aliphatic heterocycles. The number of hydrogen-bond donors (Lipinski definition) is 2. The van der Waals surface area contributed by atoms with E-state index in [2.05, 4.69) is 10.3 Å². The maximum absolute atomic E-state index is 12.0. The molecule has 0 aromatic heterocycles. The fourth-order valence-corrected chi connectivity index (χ4v) is 2.22. The third-order valence-electron chi connectivity index (χ3n) is 3.23. The fraction of sp³-hybridized carbons (Fsp3) is 0.0625. The number of anilines is 1. The minimum absolute atomic E-state index is 0.139. The van der Waals surface area contributed by atoms with Gasteiger partial charge in [-0.1, -0.05) is 17.7 Å². The summed E-state index contributed by atoms with van der Waals surface area (Å²) in [5.41, 5.74) is 3.36. The van der Waals surface area contributed by atoms with Crippen LogP contribution >= 0.6 is 0 Å². The molecule has 104 valence electrons. The highest BCUT2D eigenvalue weighted by Crippen LogP contribution is 2.26. The first-order chi connectivity index (χ1) is 10.0. The molecule has 1 amide bonds. The second kappa shape index (κ2) is 4.86. The highest BCUT2D eigenvalue weighted by atomic mass is 16.4. The van der Waals surface area contributed by atoms with Crippen LogP contribution in [0.15, 0.2) is 47.5 Å². The first-order valence-electron chi connectivity index (χ1n) is 6.39. The number of carbonyl (C=O) groups is 2. The van der Waals surface area contributed by atoms with Gasteiger partial charge in [0.25, 0.3) is 5.91 Å². The van der Waals surface area contributed by atoms with Crippen molar-refractivity contribution in [3.8, 4) is 0 Å². The van der Waals surface area contributed by atoms with Gasteiger partial charge in [0.05, 0.1) is 16.9 Å². The van der Waals surface area contributed by atoms with Crippen molar-refractivity contribution in [1.82, 2.24) is 0 Å². The number of aryl methyl sites for hydroxylation is 1. The number of hydrogen-bond acceptors (Lipinski definition) is 3. The molecule has 2 N–H and O–H groups in total. The van der Waals surface area contributed by atoms with Crippen LogP contribution in [0.2, 0.25) is 0 Å². The number of carbonyl (C=O) groups excluding carboxylic acids is 1. The highest BCUT2D eigenvalue weighted by molar-refractivity contribution is 6.54. The third kappa shape index (κ3) is 2.41. The smallest absolute Gasteiger partial charge is 0.335 e. The van der Waals surface area contributed by atoms with Gasteiger partial charge in [-0.2, -0.15) is 0 Å². The van der Waals surface area contributed by atoms with Crippen molar-refractivity contribution in [3.63, 3.8) is 0 Å². The molecule has 2 aromatic rings. The molecule has 0 radical (unpaired) electrons. The molecule has 0 saturated heterocycles. The van der Waals surface area contributed by atoms with Gasteiger partial charge in [0.1, 0.15) is 5.71 Å². The van der Waals surface area contributed by atoms with Crippen LogP contribution in [0, 0.1) is 6.92 Å². The van der Waals surface area contributed by atoms with Gasteiger partial charge in [-0.15, -0.1) is 0 Å². The van der Waals surface area contributed by atoms with E-state index < -0.39 is 5.97 Å². The number of aromatic carboxylic acids is 1. The summed E-state index contributed by atoms with van der Waals surface area (Å²) in [5, 5.41) is 11.7. The van der Waals surface area contributed by atoms with Gasteiger partial charge in [-0.05, 0) is 37.3 Å². The molecule has 1 heterocycles. The molecule has 0 unspecified atom stereocenters. The molecular formula is C16H12N2O3. The van der Waals surface area contributed by atoms with E-state index in [0.29, 0.717) is 11.4 Å². The SMILES string of the molecule is Cc1ccc2c(c1)C(=Nc1cccc(C(=O)O)c1)C(=O)N2. The van der Waals surface area contributed by atoms with Crippen LogP contribution in [0.3, 0.4) is 0 Å². The number of amides is 1. The summed E-state index contributed by atoms with van der Waals surface area (Å²) in [5.74, 6) is -1.31. The number of aliphatic imine (C=N–C) groups is 1. The summed E-state index contributed by atoms with van der Waals surface area (Å²) < 4.78 is 0. The predicted molar refractivity (Wildman–Crippen MR) is 79.4 cm³/mol. The van der Waals surface area contributed by atoms with Crippen LogP contribution in [0.25, 0.3) is 0 Å². The van der Waals surface area contributed by atoms with Gasteiger partial charge < -0.3 is 10.4 Å². The van der Waals surface area contributed by atoms with E-state index in [1.54, 1.807) is 12.1 Å². The van der Waals surface area contributed by atoms with Gasteiger partial charge in [0.15, 0.2) is 0 Å². The van der Waals surface area contributed by atoms with E-state index in [1.807, 2.05) is 25.1 Å². The van der Waals surface area contributed by atoms with E-state index in [0.717, 1.165) is 16.8 Å². The molecule has 0 spiro atoms. The van der Waals surface area contributed by atoms with Crippen LogP contribution < -0.4 is 5.32 Å². The maximum atomic E-state index is 12.0. The molecule has 3 rings (SSSR count). The molecule has 0 atom stereocenters. The number of nitrogens with one attached hydrogen (secondary N) is 1. The van der Waals surface area contributed by atoms with Crippen molar-refractivity contribution in [2.24, 2.45) is 4.99 Å². The lowest BCUT2D eigenvalue weighted by atomic mass is 10.1. The maximum Gasteiger partial charge on any atom is 0.335 e. The van der Waals surface area contributed by atoms with Crippen LogP contribution in [0.4, 0.5) is 11.4 Å². The molecule has 21 heavy (non-hydrogen) atoms. The summed E-state index contributed by atoms with van der Waals surface area (Å²) in [4.78, 5) is 27.3. The number of carboxylic acid groups (broad SMARTS) is 1. The zero-order chi connectivity index (χ0) is 15.0. The van der Waals surface area contributed by atoms with E-state index in [9.17, 15) is 9.59 Å². The second-order valence-corrected chi connectivity index (χ2v) is 4.82. The summed E-state index contributed by atoms with van der Waals surface area (Å²) in [6, 6.07) is 11.8. The molecule has 0 fully saturated rings. The Balaban J connectivity index is 2.08. The largest absolute Gasteiger partial charge is 0.478 e.